The van der Waals surface area contributed by atoms with Gasteiger partial charge in [0.15, 0.2) is 9.75 Å². The van der Waals surface area contributed by atoms with Crippen molar-refractivity contribution in [2.45, 2.75) is 41.9 Å². The molecule has 0 bridgehead atoms. The molecule has 7 nitrogen and oxygen atoms in total. The molecule has 3 aromatic rings. The van der Waals surface area contributed by atoms with Crippen LogP contribution in [0.15, 0.2) is 84.4 Å². The normalized spacial score (nSPS) is 31.1. The van der Waals surface area contributed by atoms with Crippen molar-refractivity contribution in [2.24, 2.45) is 17.8 Å². The molecule has 0 spiro atoms. The van der Waals surface area contributed by atoms with Crippen molar-refractivity contribution in [3.8, 4) is 5.75 Å². The summed E-state index contributed by atoms with van der Waals surface area (Å²) in [4.78, 5) is 54.5. The van der Waals surface area contributed by atoms with Gasteiger partial charge in [-0.05, 0) is 84.8 Å². The molecule has 6 atom stereocenters. The van der Waals surface area contributed by atoms with E-state index < -0.39 is 51.1 Å². The number of allylic oxidation sites excluding steroid dienone is 2. The summed E-state index contributed by atoms with van der Waals surface area (Å²) in [5, 5.41) is 10.0. The summed E-state index contributed by atoms with van der Waals surface area (Å²) in [6.45, 7) is 2.02. The third-order valence-corrected chi connectivity index (χ3v) is 11.1. The van der Waals surface area contributed by atoms with Gasteiger partial charge in [-0.15, -0.1) is 23.2 Å². The number of amides is 4. The van der Waals surface area contributed by atoms with Crippen molar-refractivity contribution in [1.29, 1.82) is 0 Å². The van der Waals surface area contributed by atoms with Crippen LogP contribution in [0.25, 0.3) is 0 Å². The number of halogens is 3. The highest BCUT2D eigenvalue weighted by Gasteiger charge is 2.76. The van der Waals surface area contributed by atoms with Gasteiger partial charge in [-0.25, -0.2) is 9.29 Å². The fourth-order valence-electron chi connectivity index (χ4n) is 7.57. The average molecular weight is 634 g/mol. The molecular weight excluding hydrogens is 606 g/mol. The largest absolute Gasteiger partial charge is 0.508 e. The first-order chi connectivity index (χ1) is 21.0. The molecule has 1 N–H and O–H groups in total. The predicted molar refractivity (Wildman–Crippen MR) is 163 cm³/mol. The first kappa shape index (κ1) is 28.7. The maximum absolute atomic E-state index is 14.3. The second-order valence-corrected chi connectivity index (χ2v) is 13.1. The fraction of sp³-hybridized carbons (Fsp3) is 0.294. The van der Waals surface area contributed by atoms with Crippen molar-refractivity contribution >= 4 is 58.2 Å². The van der Waals surface area contributed by atoms with E-state index in [0.29, 0.717) is 16.8 Å². The van der Waals surface area contributed by atoms with Gasteiger partial charge in [0, 0.05) is 5.92 Å². The van der Waals surface area contributed by atoms with E-state index in [9.17, 15) is 28.7 Å². The number of phenolic OH excluding ortho intramolecular Hbond substituents is 1. The third kappa shape index (κ3) is 3.80. The Morgan fingerprint density at radius 3 is 2.07 bits per heavy atom. The Labute approximate surface area is 262 Å². The quantitative estimate of drug-likeness (QED) is 0.221. The fourth-order valence-corrected chi connectivity index (χ4v) is 8.51. The van der Waals surface area contributed by atoms with Gasteiger partial charge in [0.05, 0.1) is 23.2 Å². The van der Waals surface area contributed by atoms with E-state index in [2.05, 4.69) is 0 Å². The second kappa shape index (κ2) is 10.0. The van der Waals surface area contributed by atoms with E-state index in [-0.39, 0.29) is 36.1 Å². The van der Waals surface area contributed by atoms with Crippen molar-refractivity contribution in [3.63, 3.8) is 0 Å². The number of imide groups is 2. The molecule has 7 rings (SSSR count). The van der Waals surface area contributed by atoms with Crippen LogP contribution in [0.2, 0.25) is 0 Å². The number of benzene rings is 3. The molecule has 3 fully saturated rings. The molecule has 4 aliphatic rings. The van der Waals surface area contributed by atoms with Crippen LogP contribution in [0.5, 0.6) is 5.75 Å². The van der Waals surface area contributed by atoms with Crippen LogP contribution in [0.1, 0.15) is 36.8 Å². The Morgan fingerprint density at radius 2 is 1.43 bits per heavy atom. The van der Waals surface area contributed by atoms with Gasteiger partial charge >= 0.3 is 0 Å². The minimum absolute atomic E-state index is 0.0115. The Bertz CT molecular complexity index is 1760. The summed E-state index contributed by atoms with van der Waals surface area (Å²) in [6, 6.07) is 18.3. The molecule has 44 heavy (non-hydrogen) atoms. The number of anilines is 2. The van der Waals surface area contributed by atoms with Crippen LogP contribution in [0.4, 0.5) is 15.8 Å². The zero-order valence-electron chi connectivity index (χ0n) is 23.5. The molecule has 2 aliphatic carbocycles. The lowest BCUT2D eigenvalue weighted by Gasteiger charge is -2.50. The number of nitrogens with zero attached hydrogens (tertiary/aromatic N) is 2. The van der Waals surface area contributed by atoms with Gasteiger partial charge in [-0.3, -0.25) is 24.1 Å². The molecule has 1 saturated carbocycles. The number of rotatable bonds is 4. The van der Waals surface area contributed by atoms with Crippen molar-refractivity contribution in [2.75, 3.05) is 9.80 Å². The SMILES string of the molecule is CCc1ccc(N2C(=O)C3CC=C4C(CC5(Cl)C(=O)N(c6ccc(F)cc6)C(=O)C5(Cl)C4c4ccc(O)cc4)C3C2=O)cc1. The summed E-state index contributed by atoms with van der Waals surface area (Å²) < 4.78 is 13.8. The highest BCUT2D eigenvalue weighted by Crippen LogP contribution is 2.65. The lowest BCUT2D eigenvalue weighted by Crippen LogP contribution is -2.60. The molecule has 2 heterocycles. The van der Waals surface area contributed by atoms with E-state index in [1.54, 1.807) is 24.3 Å². The van der Waals surface area contributed by atoms with E-state index in [0.717, 1.165) is 29.0 Å². The van der Waals surface area contributed by atoms with Crippen LogP contribution >= 0.6 is 23.2 Å². The Balaban J connectivity index is 1.37. The number of hydrogen-bond acceptors (Lipinski definition) is 5. The van der Waals surface area contributed by atoms with Gasteiger partial charge in [0.25, 0.3) is 11.8 Å². The number of hydrogen-bond donors (Lipinski definition) is 1. The van der Waals surface area contributed by atoms with Gasteiger partial charge in [0.2, 0.25) is 11.8 Å². The molecule has 224 valence electrons. The summed E-state index contributed by atoms with van der Waals surface area (Å²) in [5.74, 6) is -5.97. The Hall–Kier alpha value is -4.01. The van der Waals surface area contributed by atoms with Gasteiger partial charge in [0.1, 0.15) is 11.6 Å². The first-order valence-electron chi connectivity index (χ1n) is 14.5. The Kier molecular flexibility index (Phi) is 6.54. The highest BCUT2D eigenvalue weighted by molar-refractivity contribution is 6.58. The lowest BCUT2D eigenvalue weighted by molar-refractivity contribution is -0.125. The first-order valence-corrected chi connectivity index (χ1v) is 15.2. The molecule has 0 aromatic heterocycles. The maximum atomic E-state index is 14.3. The van der Waals surface area contributed by atoms with Gasteiger partial charge in [-0.2, -0.15) is 0 Å². The Morgan fingerprint density at radius 1 is 0.818 bits per heavy atom. The number of aryl methyl sites for hydroxylation is 1. The molecule has 2 saturated heterocycles. The monoisotopic (exact) mass is 632 g/mol. The number of carbonyl (C=O) groups is 4. The second-order valence-electron chi connectivity index (χ2n) is 11.9. The number of phenols is 1. The van der Waals surface area contributed by atoms with Gasteiger partial charge < -0.3 is 5.11 Å². The molecule has 2 aliphatic heterocycles. The van der Waals surface area contributed by atoms with Crippen LogP contribution in [-0.4, -0.2) is 38.5 Å². The summed E-state index contributed by atoms with van der Waals surface area (Å²) in [5.41, 5.74) is 2.82. The van der Waals surface area contributed by atoms with Crippen LogP contribution < -0.4 is 9.80 Å². The standard InChI is InChI=1S/C34H27Cl2FN2O5/c1-2-18-3-9-21(10-4-18)38-29(41)25-16-15-24-26(27(25)30(38)42)17-33(35)31(43)39(22-11-7-20(37)8-12-22)32(44)34(33,36)28(24)19-5-13-23(40)14-6-19/h3-15,25-28,40H,2,16-17H2,1H3. The van der Waals surface area contributed by atoms with Crippen molar-refractivity contribution in [3.05, 3.63) is 101 Å². The molecule has 0 radical (unpaired) electrons. The number of fused-ring (bicyclic) bond motifs is 4. The van der Waals surface area contributed by atoms with E-state index in [1.807, 2.05) is 25.1 Å². The molecule has 3 aromatic carbocycles. The lowest BCUT2D eigenvalue weighted by atomic mass is 9.56. The van der Waals surface area contributed by atoms with Crippen LogP contribution in [0, 0.1) is 23.6 Å². The summed E-state index contributed by atoms with van der Waals surface area (Å²) >= 11 is 14.7. The predicted octanol–water partition coefficient (Wildman–Crippen LogP) is 5.86. The zero-order valence-corrected chi connectivity index (χ0v) is 25.1. The molecule has 4 amide bonds. The molecule has 6 unspecified atom stereocenters. The number of carbonyl (C=O) groups excluding carboxylic acids is 4. The summed E-state index contributed by atoms with van der Waals surface area (Å²) in [7, 11) is 0. The van der Waals surface area contributed by atoms with Crippen molar-refractivity contribution in [1.82, 2.24) is 0 Å². The minimum atomic E-state index is -2.02. The minimum Gasteiger partial charge on any atom is -0.508 e. The highest BCUT2D eigenvalue weighted by atomic mass is 35.5. The molecular formula is C34H27Cl2FN2O5. The van der Waals surface area contributed by atoms with E-state index in [4.69, 9.17) is 23.2 Å². The van der Waals surface area contributed by atoms with Gasteiger partial charge in [-0.1, -0.05) is 42.8 Å². The van der Waals surface area contributed by atoms with Crippen LogP contribution in [0.3, 0.4) is 0 Å². The smallest absolute Gasteiger partial charge is 0.258 e. The average Bonchev–Trinajstić information content (AvgIpc) is 3.36. The van der Waals surface area contributed by atoms with Crippen molar-refractivity contribution < 1.29 is 28.7 Å². The third-order valence-electron chi connectivity index (χ3n) is 9.73. The van der Waals surface area contributed by atoms with Crippen LogP contribution in [-0.2, 0) is 25.6 Å². The topological polar surface area (TPSA) is 95.0 Å². The van der Waals surface area contributed by atoms with E-state index in [1.165, 1.54) is 29.2 Å². The van der Waals surface area contributed by atoms with E-state index >= 15 is 0 Å². The number of alkyl halides is 2. The number of aromatic hydroxyl groups is 1. The summed E-state index contributed by atoms with van der Waals surface area (Å²) in [6.07, 6.45) is 2.74. The zero-order chi connectivity index (χ0) is 31.1. The molecule has 10 heteroatoms. The maximum Gasteiger partial charge on any atom is 0.258 e.